The van der Waals surface area contributed by atoms with Gasteiger partial charge in [-0.3, -0.25) is 4.79 Å². The molecule has 0 N–H and O–H groups in total. The van der Waals surface area contributed by atoms with Crippen LogP contribution in [0, 0.1) is 5.41 Å². The number of hydrogen-bond donors (Lipinski definition) is 0. The number of hydrogen-bond acceptors (Lipinski definition) is 3. The van der Waals surface area contributed by atoms with Crippen molar-refractivity contribution in [2.24, 2.45) is 5.41 Å². The molecule has 4 heteroatoms. The summed E-state index contributed by atoms with van der Waals surface area (Å²) in [5.41, 5.74) is 0.170. The van der Waals surface area contributed by atoms with Crippen LogP contribution in [0.2, 0.25) is 0 Å². The Morgan fingerprint density at radius 2 is 2.06 bits per heavy atom. The highest BCUT2D eigenvalue weighted by Crippen LogP contribution is 2.23. The van der Waals surface area contributed by atoms with E-state index in [-0.39, 0.29) is 11.9 Å². The standard InChI is InChI=1S/C13H21NO3/c1-5-17-11(15)10-7-6-8-14(9-10)12(16)13(2,3)4/h9H,5-8H2,1-4H3. The van der Waals surface area contributed by atoms with Gasteiger partial charge in [-0.25, -0.2) is 4.79 Å². The minimum absolute atomic E-state index is 0.0407. The minimum Gasteiger partial charge on any atom is -0.463 e. The van der Waals surface area contributed by atoms with Gasteiger partial charge in [-0.2, -0.15) is 0 Å². The van der Waals surface area contributed by atoms with E-state index in [0.29, 0.717) is 25.1 Å². The van der Waals surface area contributed by atoms with E-state index in [1.165, 1.54) is 0 Å². The van der Waals surface area contributed by atoms with E-state index in [4.69, 9.17) is 4.74 Å². The molecule has 96 valence electrons. The van der Waals surface area contributed by atoms with Gasteiger partial charge in [-0.05, 0) is 19.8 Å². The van der Waals surface area contributed by atoms with Crippen molar-refractivity contribution in [3.8, 4) is 0 Å². The zero-order valence-electron chi connectivity index (χ0n) is 11.1. The number of carbonyl (C=O) groups excluding carboxylic acids is 2. The number of nitrogens with zero attached hydrogens (tertiary/aromatic N) is 1. The van der Waals surface area contributed by atoms with Crippen LogP contribution < -0.4 is 0 Å². The van der Waals surface area contributed by atoms with Crippen molar-refractivity contribution >= 4 is 11.9 Å². The number of amides is 1. The Balaban J connectivity index is 2.80. The van der Waals surface area contributed by atoms with E-state index in [1.54, 1.807) is 18.0 Å². The summed E-state index contributed by atoms with van der Waals surface area (Å²) in [7, 11) is 0. The fourth-order valence-electron chi connectivity index (χ4n) is 1.73. The number of carbonyl (C=O) groups is 2. The van der Waals surface area contributed by atoms with E-state index >= 15 is 0 Å². The van der Waals surface area contributed by atoms with E-state index < -0.39 is 5.41 Å². The second kappa shape index (κ2) is 5.34. The molecule has 0 atom stereocenters. The lowest BCUT2D eigenvalue weighted by Crippen LogP contribution is -2.38. The highest BCUT2D eigenvalue weighted by molar-refractivity contribution is 5.90. The summed E-state index contributed by atoms with van der Waals surface area (Å²) < 4.78 is 4.95. The monoisotopic (exact) mass is 239 g/mol. The predicted octanol–water partition coefficient (Wildman–Crippen LogP) is 2.10. The molecule has 0 aromatic carbocycles. The molecule has 0 unspecified atom stereocenters. The van der Waals surface area contributed by atoms with Crippen molar-refractivity contribution in [1.29, 1.82) is 0 Å². The second-order valence-electron chi connectivity index (χ2n) is 5.23. The van der Waals surface area contributed by atoms with Crippen molar-refractivity contribution in [3.05, 3.63) is 11.8 Å². The molecule has 0 radical (unpaired) electrons. The quantitative estimate of drug-likeness (QED) is 0.693. The van der Waals surface area contributed by atoms with Gasteiger partial charge >= 0.3 is 5.97 Å². The molecule has 1 amide bonds. The Morgan fingerprint density at radius 3 is 2.59 bits per heavy atom. The van der Waals surface area contributed by atoms with Crippen molar-refractivity contribution in [3.63, 3.8) is 0 Å². The minimum atomic E-state index is -0.423. The Bertz CT molecular complexity index is 339. The van der Waals surface area contributed by atoms with Gasteiger partial charge in [0.2, 0.25) is 5.91 Å². The van der Waals surface area contributed by atoms with E-state index in [1.807, 2.05) is 20.8 Å². The first-order valence-corrected chi connectivity index (χ1v) is 6.05. The molecule has 1 aliphatic heterocycles. The predicted molar refractivity (Wildman–Crippen MR) is 65.1 cm³/mol. The molecule has 0 fully saturated rings. The highest BCUT2D eigenvalue weighted by atomic mass is 16.5. The van der Waals surface area contributed by atoms with Crippen LogP contribution in [0.1, 0.15) is 40.5 Å². The Labute approximate surface area is 103 Å². The average molecular weight is 239 g/mol. The summed E-state index contributed by atoms with van der Waals surface area (Å²) >= 11 is 0. The second-order valence-corrected chi connectivity index (χ2v) is 5.23. The van der Waals surface area contributed by atoms with Gasteiger partial charge in [0, 0.05) is 18.2 Å². The fourth-order valence-corrected chi connectivity index (χ4v) is 1.73. The maximum atomic E-state index is 12.1. The first-order chi connectivity index (χ1) is 7.86. The average Bonchev–Trinajstić information content (AvgIpc) is 2.27. The molecule has 1 rings (SSSR count). The van der Waals surface area contributed by atoms with E-state index in [9.17, 15) is 9.59 Å². The van der Waals surface area contributed by atoms with Crippen LogP contribution in [0.3, 0.4) is 0 Å². The van der Waals surface area contributed by atoms with Gasteiger partial charge in [0.1, 0.15) is 0 Å². The molecule has 0 bridgehead atoms. The third-order valence-corrected chi connectivity index (χ3v) is 2.60. The topological polar surface area (TPSA) is 46.6 Å². The van der Waals surface area contributed by atoms with Crippen molar-refractivity contribution < 1.29 is 14.3 Å². The molecule has 17 heavy (non-hydrogen) atoms. The van der Waals surface area contributed by atoms with Crippen LogP contribution in [-0.4, -0.2) is 29.9 Å². The lowest BCUT2D eigenvalue weighted by Gasteiger charge is -2.30. The molecular weight excluding hydrogens is 218 g/mol. The third kappa shape index (κ3) is 3.58. The maximum absolute atomic E-state index is 12.1. The molecule has 0 aromatic heterocycles. The Morgan fingerprint density at radius 1 is 1.41 bits per heavy atom. The summed E-state index contributed by atoms with van der Waals surface area (Å²) in [5.74, 6) is -0.266. The molecule has 0 aromatic rings. The number of rotatable bonds is 2. The molecule has 0 saturated carbocycles. The Hall–Kier alpha value is -1.32. The van der Waals surface area contributed by atoms with Crippen LogP contribution in [0.25, 0.3) is 0 Å². The highest BCUT2D eigenvalue weighted by Gasteiger charge is 2.29. The smallest absolute Gasteiger partial charge is 0.335 e. The van der Waals surface area contributed by atoms with Gasteiger partial charge < -0.3 is 9.64 Å². The van der Waals surface area contributed by atoms with Crippen LogP contribution in [0.15, 0.2) is 11.8 Å². The van der Waals surface area contributed by atoms with Crippen LogP contribution in [-0.2, 0) is 14.3 Å². The van der Waals surface area contributed by atoms with E-state index in [2.05, 4.69) is 0 Å². The summed E-state index contributed by atoms with van der Waals surface area (Å²) in [6.45, 7) is 8.45. The summed E-state index contributed by atoms with van der Waals surface area (Å²) in [5, 5.41) is 0. The van der Waals surface area contributed by atoms with Gasteiger partial charge in [0.05, 0.1) is 12.2 Å². The zero-order valence-corrected chi connectivity index (χ0v) is 11.1. The van der Waals surface area contributed by atoms with Gasteiger partial charge in [-0.1, -0.05) is 20.8 Å². The molecule has 4 nitrogen and oxygen atoms in total. The first-order valence-electron chi connectivity index (χ1n) is 6.05. The third-order valence-electron chi connectivity index (χ3n) is 2.60. The number of ether oxygens (including phenoxy) is 1. The lowest BCUT2D eigenvalue weighted by atomic mass is 9.94. The SMILES string of the molecule is CCOC(=O)C1=CN(C(=O)C(C)(C)C)CCC1. The fraction of sp³-hybridized carbons (Fsp3) is 0.692. The molecule has 0 saturated heterocycles. The van der Waals surface area contributed by atoms with Crippen LogP contribution >= 0.6 is 0 Å². The molecule has 0 aliphatic carbocycles. The van der Waals surface area contributed by atoms with Crippen molar-refractivity contribution in [2.45, 2.75) is 40.5 Å². The lowest BCUT2D eigenvalue weighted by molar-refractivity contribution is -0.139. The van der Waals surface area contributed by atoms with E-state index in [0.717, 1.165) is 6.42 Å². The van der Waals surface area contributed by atoms with Crippen LogP contribution in [0.4, 0.5) is 0 Å². The van der Waals surface area contributed by atoms with Gasteiger partial charge in [0.25, 0.3) is 0 Å². The van der Waals surface area contributed by atoms with Crippen molar-refractivity contribution in [2.75, 3.05) is 13.2 Å². The molecule has 1 heterocycles. The first kappa shape index (κ1) is 13.7. The zero-order chi connectivity index (χ0) is 13.1. The number of esters is 1. The van der Waals surface area contributed by atoms with Gasteiger partial charge in [-0.15, -0.1) is 0 Å². The molecular formula is C13H21NO3. The largest absolute Gasteiger partial charge is 0.463 e. The Kier molecular flexibility index (Phi) is 4.32. The van der Waals surface area contributed by atoms with Gasteiger partial charge in [0.15, 0.2) is 0 Å². The maximum Gasteiger partial charge on any atom is 0.335 e. The molecule has 1 aliphatic rings. The van der Waals surface area contributed by atoms with Crippen LogP contribution in [0.5, 0.6) is 0 Å². The summed E-state index contributed by atoms with van der Waals surface area (Å²) in [4.78, 5) is 25.3. The molecule has 0 spiro atoms. The normalized spacial score (nSPS) is 16.5. The summed E-state index contributed by atoms with van der Waals surface area (Å²) in [6, 6.07) is 0. The summed E-state index contributed by atoms with van der Waals surface area (Å²) in [6.07, 6.45) is 3.15. The van der Waals surface area contributed by atoms with Crippen molar-refractivity contribution in [1.82, 2.24) is 4.90 Å².